The van der Waals surface area contributed by atoms with Gasteiger partial charge in [-0.2, -0.15) is 0 Å². The van der Waals surface area contributed by atoms with Gasteiger partial charge in [-0.15, -0.1) is 0 Å². The first kappa shape index (κ1) is 51.4. The van der Waals surface area contributed by atoms with Crippen LogP contribution in [0.5, 0.6) is 5.75 Å². The van der Waals surface area contributed by atoms with Crippen molar-refractivity contribution in [2.24, 2.45) is 5.92 Å². The second-order valence-electron chi connectivity index (χ2n) is 16.6. The number of hydrogen-bond donors (Lipinski definition) is 3. The summed E-state index contributed by atoms with van der Waals surface area (Å²) in [5.74, 6) is -2.04. The van der Waals surface area contributed by atoms with Crippen LogP contribution in [-0.4, -0.2) is 151 Å². The van der Waals surface area contributed by atoms with E-state index in [1.807, 2.05) is 13.0 Å². The van der Waals surface area contributed by atoms with Crippen molar-refractivity contribution in [2.75, 3.05) is 57.8 Å². The molecule has 6 amide bonds. The lowest BCUT2D eigenvalue weighted by Crippen LogP contribution is -2.63. The number of benzene rings is 1. The van der Waals surface area contributed by atoms with Crippen molar-refractivity contribution in [3.63, 3.8) is 0 Å². The lowest BCUT2D eigenvalue weighted by atomic mass is 9.83. The second kappa shape index (κ2) is 22.3. The van der Waals surface area contributed by atoms with Crippen LogP contribution in [0.15, 0.2) is 48.1 Å². The van der Waals surface area contributed by atoms with Crippen LogP contribution in [0.2, 0.25) is 5.02 Å². The molecule has 3 N–H and O–H groups in total. The Bertz CT molecular complexity index is 2090. The van der Waals surface area contributed by atoms with Crippen LogP contribution in [-0.2, 0) is 54.1 Å². The Morgan fingerprint density at radius 2 is 1.80 bits per heavy atom. The van der Waals surface area contributed by atoms with Gasteiger partial charge in [-0.1, -0.05) is 63.9 Å². The molecular weight excluding hydrogens is 906 g/mol. The predicted octanol–water partition coefficient (Wildman–Crippen LogP) is 3.72. The lowest BCUT2D eigenvalue weighted by molar-refractivity contribution is -0.162. The predicted molar refractivity (Wildman–Crippen MR) is 244 cm³/mol. The van der Waals surface area contributed by atoms with Crippen LogP contribution in [0.4, 0.5) is 10.5 Å². The number of anilines is 1. The van der Waals surface area contributed by atoms with Gasteiger partial charge in [-0.3, -0.25) is 34.2 Å². The first-order valence-corrected chi connectivity index (χ1v) is 24.0. The van der Waals surface area contributed by atoms with E-state index in [1.165, 1.54) is 71.7 Å². The van der Waals surface area contributed by atoms with Gasteiger partial charge in [0.2, 0.25) is 17.7 Å². The molecule has 0 radical (unpaired) electrons. The van der Waals surface area contributed by atoms with Crippen LogP contribution < -0.4 is 20.3 Å². The zero-order valence-corrected chi connectivity index (χ0v) is 40.1. The normalized spacial score (nSPS) is 28.6. The van der Waals surface area contributed by atoms with Gasteiger partial charge in [0.1, 0.15) is 40.7 Å². The number of epoxide rings is 1. The molecule has 356 valence electrons. The van der Waals surface area contributed by atoms with E-state index in [0.717, 1.165) is 16.0 Å². The number of hydrogen-bond acceptors (Lipinski definition) is 15. The third-order valence-corrected chi connectivity index (χ3v) is 14.8. The fourth-order valence-corrected chi connectivity index (χ4v) is 10.0. The van der Waals surface area contributed by atoms with Gasteiger partial charge in [0.25, 0.3) is 11.8 Å². The number of nitrogens with zero attached hydrogens (tertiary/aromatic N) is 3. The molecule has 8 atom stereocenters. The summed E-state index contributed by atoms with van der Waals surface area (Å²) in [6.07, 6.45) is 3.00. The zero-order valence-electron chi connectivity index (χ0n) is 37.8. The molecule has 1 unspecified atom stereocenters. The Kier molecular flexibility index (Phi) is 17.6. The number of allylic oxidation sites excluding steroid dienone is 3. The summed E-state index contributed by atoms with van der Waals surface area (Å²) >= 11 is 6.79. The number of ether oxygens (including phenoxy) is 5. The van der Waals surface area contributed by atoms with Gasteiger partial charge >= 0.3 is 12.1 Å². The second-order valence-corrected chi connectivity index (χ2v) is 19.6. The van der Waals surface area contributed by atoms with Crippen molar-refractivity contribution in [3.8, 4) is 5.75 Å². The molecule has 4 bridgehead atoms. The third-order valence-electron chi connectivity index (χ3n) is 12.0. The van der Waals surface area contributed by atoms with Gasteiger partial charge in [-0.05, 0) is 44.9 Å². The maximum absolute atomic E-state index is 14.3. The summed E-state index contributed by atoms with van der Waals surface area (Å²) < 4.78 is 29.3. The van der Waals surface area contributed by atoms with Gasteiger partial charge in [0, 0.05) is 83.1 Å². The highest BCUT2D eigenvalue weighted by molar-refractivity contribution is 8.76. The number of likely N-dealkylation sites (N-methyl/N-ethyl adjacent to an activating group) is 1. The number of imide groups is 1. The van der Waals surface area contributed by atoms with E-state index in [2.05, 4.69) is 10.6 Å². The Labute approximate surface area is 391 Å². The lowest BCUT2D eigenvalue weighted by Gasteiger charge is -2.42. The van der Waals surface area contributed by atoms with Crippen molar-refractivity contribution in [1.29, 1.82) is 0 Å². The standard InChI is InChI=1S/C44H58ClN5O13S2/c1-25-10-9-11-32(60-8)44(58)24-31(61-42(57)47-44)26(2)40-43(4,63-40)33(23-38(55)49(6)29-21-28(20-25)22-30(59-7)39(29)45)62-41(56)27(3)48(5)35(52)15-18-64-65-19-16-46-34(51)14-17-50-36(53)12-13-37(50)54/h9-13,21-22,26-27,31-33,40,58H,14-20,23-24H2,1-8H3,(H,46,51)(H,47,57)/b11-9-,25-10-/t26-,27+,31+,32-,33+,40+,43?,44+/m1/s1. The number of aliphatic hydroxyl groups is 1. The zero-order chi connectivity index (χ0) is 47.8. The van der Waals surface area contributed by atoms with Crippen molar-refractivity contribution in [3.05, 3.63) is 58.7 Å². The topological polar surface area (TPSA) is 223 Å². The van der Waals surface area contributed by atoms with Crippen molar-refractivity contribution in [2.45, 2.75) is 102 Å². The number of methoxy groups -OCH3 is 2. The molecule has 18 nitrogen and oxygen atoms in total. The number of nitrogens with one attached hydrogen (secondary N) is 2. The van der Waals surface area contributed by atoms with Crippen LogP contribution in [0.25, 0.3) is 0 Å². The molecule has 4 heterocycles. The highest BCUT2D eigenvalue weighted by Crippen LogP contribution is 2.49. The average Bonchev–Trinajstić information content (AvgIpc) is 3.86. The number of rotatable bonds is 15. The largest absolute Gasteiger partial charge is 0.495 e. The highest BCUT2D eigenvalue weighted by Gasteiger charge is 2.64. The first-order valence-electron chi connectivity index (χ1n) is 21.1. The molecule has 5 rings (SSSR count). The third kappa shape index (κ3) is 12.6. The van der Waals surface area contributed by atoms with Crippen LogP contribution in [0.1, 0.15) is 58.9 Å². The van der Waals surface area contributed by atoms with Crippen molar-refractivity contribution >= 4 is 80.5 Å². The number of carbonyl (C=O) groups excluding carboxylic acids is 7. The molecule has 1 aromatic carbocycles. The Hall–Kier alpha value is -4.60. The molecule has 0 spiro atoms. The minimum absolute atomic E-state index is 0.00129. The van der Waals surface area contributed by atoms with Crippen molar-refractivity contribution < 1.29 is 62.4 Å². The van der Waals surface area contributed by atoms with Crippen LogP contribution >= 0.6 is 33.2 Å². The molecule has 0 aromatic heterocycles. The number of fused-ring (bicyclic) bond motifs is 5. The van der Waals surface area contributed by atoms with Crippen LogP contribution in [0.3, 0.4) is 0 Å². The molecular formula is C44H58ClN5O13S2. The Morgan fingerprint density at radius 3 is 2.48 bits per heavy atom. The fourth-order valence-electron chi connectivity index (χ4n) is 7.83. The summed E-state index contributed by atoms with van der Waals surface area (Å²) in [6, 6.07) is 2.49. The monoisotopic (exact) mass is 963 g/mol. The number of alkyl carbamates (subject to hydrolysis) is 1. The summed E-state index contributed by atoms with van der Waals surface area (Å²) in [4.78, 5) is 93.5. The molecule has 21 heteroatoms. The number of carbonyl (C=O) groups is 7. The van der Waals surface area contributed by atoms with E-state index in [4.69, 9.17) is 35.3 Å². The summed E-state index contributed by atoms with van der Waals surface area (Å²) in [5, 5.41) is 17.2. The number of halogens is 1. The summed E-state index contributed by atoms with van der Waals surface area (Å²) in [5.41, 5.74) is -1.09. The van der Waals surface area contributed by atoms with E-state index < -0.39 is 77.5 Å². The van der Waals surface area contributed by atoms with E-state index >= 15 is 0 Å². The molecule has 0 aliphatic carbocycles. The highest BCUT2D eigenvalue weighted by atomic mass is 35.5. The number of esters is 1. The molecule has 0 saturated carbocycles. The number of amides is 6. The molecule has 2 saturated heterocycles. The van der Waals surface area contributed by atoms with E-state index in [1.54, 1.807) is 45.2 Å². The van der Waals surface area contributed by atoms with Gasteiger partial charge in [-0.25, -0.2) is 9.59 Å². The summed E-state index contributed by atoms with van der Waals surface area (Å²) in [7, 11) is 8.80. The minimum atomic E-state index is -1.86. The van der Waals surface area contributed by atoms with E-state index in [0.29, 0.717) is 35.9 Å². The van der Waals surface area contributed by atoms with E-state index in [9.17, 15) is 38.7 Å². The molecule has 4 aliphatic heterocycles. The van der Waals surface area contributed by atoms with Crippen LogP contribution in [0, 0.1) is 5.92 Å². The fraction of sp³-hybridized carbons (Fsp3) is 0.568. The minimum Gasteiger partial charge on any atom is -0.495 e. The molecule has 65 heavy (non-hydrogen) atoms. The molecule has 1 aromatic rings. The quantitative estimate of drug-likeness (QED) is 0.0750. The SMILES string of the molecule is COc1cc2cc(c1Cl)N(C)C(=O)C[C@H](OC(=O)[C@H](C)N(C)C(=O)CCSSCCNC(=O)CCN1C(=O)C=CC1=O)C1(C)O[C@H]1[C@H](C)[C@@H]1C[C@@](O)(NC(=O)O1)[C@H](OC)/C=C\C=C(\C)C2. The molecule has 2 fully saturated rings. The smallest absolute Gasteiger partial charge is 0.409 e. The first-order chi connectivity index (χ1) is 30.7. The molecule has 4 aliphatic rings. The van der Waals surface area contributed by atoms with Gasteiger partial charge in [0.15, 0.2) is 5.72 Å². The van der Waals surface area contributed by atoms with Gasteiger partial charge < -0.3 is 43.9 Å². The van der Waals surface area contributed by atoms with E-state index in [-0.39, 0.29) is 49.1 Å². The average molecular weight is 965 g/mol. The maximum Gasteiger partial charge on any atom is 0.409 e. The van der Waals surface area contributed by atoms with Crippen molar-refractivity contribution in [1.82, 2.24) is 20.4 Å². The maximum atomic E-state index is 14.3. The summed E-state index contributed by atoms with van der Waals surface area (Å²) in [6.45, 7) is 7.25. The Morgan fingerprint density at radius 1 is 1.11 bits per heavy atom. The van der Waals surface area contributed by atoms with Gasteiger partial charge in [0.05, 0.1) is 25.3 Å². The Balaban J connectivity index is 1.26.